The molecule has 1 aliphatic heterocycles. The Bertz CT molecular complexity index is 690. The molecule has 4 rings (SSSR count). The second-order valence-electron chi connectivity index (χ2n) is 6.35. The van der Waals surface area contributed by atoms with Crippen molar-refractivity contribution in [3.05, 3.63) is 42.1 Å². The molecule has 1 aromatic carbocycles. The number of ether oxygens (including phenoxy) is 1. The van der Waals surface area contributed by atoms with Gasteiger partial charge in [0.1, 0.15) is 0 Å². The summed E-state index contributed by atoms with van der Waals surface area (Å²) in [4.78, 5) is 17.1. The highest BCUT2D eigenvalue weighted by molar-refractivity contribution is 6.00. The van der Waals surface area contributed by atoms with Crippen LogP contribution in [0.5, 0.6) is 0 Å². The summed E-state index contributed by atoms with van der Waals surface area (Å²) in [7, 11) is 0. The summed E-state index contributed by atoms with van der Waals surface area (Å²) >= 11 is 0. The molecular formula is C18H19NO2. The summed E-state index contributed by atoms with van der Waals surface area (Å²) in [6, 6.07) is 9.76. The van der Waals surface area contributed by atoms with Gasteiger partial charge in [0, 0.05) is 29.7 Å². The lowest BCUT2D eigenvalue weighted by Crippen LogP contribution is -2.47. The van der Waals surface area contributed by atoms with Crippen LogP contribution >= 0.6 is 0 Å². The largest absolute Gasteiger partial charge is 0.375 e. The van der Waals surface area contributed by atoms with Crippen LogP contribution < -0.4 is 0 Å². The Morgan fingerprint density at radius 3 is 3.00 bits per heavy atom. The van der Waals surface area contributed by atoms with Crippen molar-refractivity contribution in [2.75, 3.05) is 6.61 Å². The number of pyridine rings is 1. The molecule has 1 unspecified atom stereocenters. The SMILES string of the molecule is O=C(c1ccc2ncccc2c1)C1CCOC2(CCC2)C1. The van der Waals surface area contributed by atoms with E-state index in [9.17, 15) is 4.79 Å². The van der Waals surface area contributed by atoms with Gasteiger partial charge in [0.15, 0.2) is 5.78 Å². The van der Waals surface area contributed by atoms with Crippen molar-refractivity contribution in [1.82, 2.24) is 4.98 Å². The van der Waals surface area contributed by atoms with Crippen LogP contribution in [0, 0.1) is 5.92 Å². The lowest BCUT2D eigenvalue weighted by atomic mass is 9.70. The summed E-state index contributed by atoms with van der Waals surface area (Å²) in [6.07, 6.45) is 7.02. The monoisotopic (exact) mass is 281 g/mol. The minimum absolute atomic E-state index is 0.0248. The second-order valence-corrected chi connectivity index (χ2v) is 6.35. The highest BCUT2D eigenvalue weighted by Gasteiger charge is 2.44. The van der Waals surface area contributed by atoms with Gasteiger partial charge in [-0.05, 0) is 56.4 Å². The third-order valence-corrected chi connectivity index (χ3v) is 5.02. The van der Waals surface area contributed by atoms with E-state index in [1.807, 2.05) is 30.3 Å². The Morgan fingerprint density at radius 2 is 2.19 bits per heavy atom. The van der Waals surface area contributed by atoms with Crippen LogP contribution in [0.3, 0.4) is 0 Å². The molecule has 0 radical (unpaired) electrons. The van der Waals surface area contributed by atoms with Gasteiger partial charge < -0.3 is 4.74 Å². The molecule has 108 valence electrons. The molecule has 1 saturated heterocycles. The Kier molecular flexibility index (Phi) is 3.03. The molecule has 2 fully saturated rings. The van der Waals surface area contributed by atoms with Crippen LogP contribution in [0.2, 0.25) is 0 Å². The van der Waals surface area contributed by atoms with Gasteiger partial charge in [0.2, 0.25) is 0 Å². The van der Waals surface area contributed by atoms with Crippen molar-refractivity contribution >= 4 is 16.7 Å². The van der Waals surface area contributed by atoms with Gasteiger partial charge in [-0.1, -0.05) is 6.07 Å². The highest BCUT2D eigenvalue weighted by atomic mass is 16.5. The molecule has 1 saturated carbocycles. The zero-order valence-electron chi connectivity index (χ0n) is 12.0. The minimum Gasteiger partial charge on any atom is -0.375 e. The van der Waals surface area contributed by atoms with Crippen LogP contribution in [0.4, 0.5) is 0 Å². The lowest BCUT2D eigenvalue weighted by molar-refractivity contribution is -0.137. The standard InChI is InChI=1S/C18H19NO2/c20-17(15-6-10-21-18(12-15)7-2-8-18)14-4-5-16-13(11-14)3-1-9-19-16/h1,3-5,9,11,15H,2,6-8,10,12H2. The molecule has 1 aromatic heterocycles. The van der Waals surface area contributed by atoms with E-state index in [-0.39, 0.29) is 17.3 Å². The Labute approximate surface area is 124 Å². The fraction of sp³-hybridized carbons (Fsp3) is 0.444. The zero-order chi connectivity index (χ0) is 14.3. The van der Waals surface area contributed by atoms with Crippen molar-refractivity contribution in [2.24, 2.45) is 5.92 Å². The number of aromatic nitrogens is 1. The van der Waals surface area contributed by atoms with Crippen molar-refractivity contribution < 1.29 is 9.53 Å². The maximum absolute atomic E-state index is 12.8. The minimum atomic E-state index is 0.0248. The molecule has 2 heterocycles. The van der Waals surface area contributed by atoms with E-state index in [4.69, 9.17) is 4.74 Å². The van der Waals surface area contributed by atoms with Gasteiger partial charge in [0.25, 0.3) is 0 Å². The third kappa shape index (κ3) is 2.26. The average molecular weight is 281 g/mol. The van der Waals surface area contributed by atoms with Crippen molar-refractivity contribution in [2.45, 2.75) is 37.7 Å². The number of nitrogens with zero attached hydrogens (tertiary/aromatic N) is 1. The number of carbonyl (C=O) groups is 1. The fourth-order valence-corrected chi connectivity index (χ4v) is 3.64. The topological polar surface area (TPSA) is 39.2 Å². The first-order chi connectivity index (χ1) is 10.3. The Morgan fingerprint density at radius 1 is 1.29 bits per heavy atom. The Balaban J connectivity index is 1.60. The molecule has 1 atom stereocenters. The number of carbonyl (C=O) groups excluding carboxylic acids is 1. The number of fused-ring (bicyclic) bond motifs is 1. The molecule has 3 heteroatoms. The number of hydrogen-bond donors (Lipinski definition) is 0. The first-order valence-electron chi connectivity index (χ1n) is 7.79. The zero-order valence-corrected chi connectivity index (χ0v) is 12.0. The number of hydrogen-bond acceptors (Lipinski definition) is 3. The molecule has 1 spiro atoms. The summed E-state index contributed by atoms with van der Waals surface area (Å²) in [5.74, 6) is 0.392. The normalized spacial score (nSPS) is 23.9. The van der Waals surface area contributed by atoms with Gasteiger partial charge in [-0.3, -0.25) is 9.78 Å². The van der Waals surface area contributed by atoms with Crippen LogP contribution in [-0.2, 0) is 4.74 Å². The Hall–Kier alpha value is -1.74. The molecule has 2 aromatic rings. The molecule has 0 N–H and O–H groups in total. The number of ketones is 1. The van der Waals surface area contributed by atoms with Crippen LogP contribution in [-0.4, -0.2) is 23.0 Å². The number of benzene rings is 1. The van der Waals surface area contributed by atoms with Gasteiger partial charge in [-0.25, -0.2) is 0 Å². The van der Waals surface area contributed by atoms with E-state index < -0.39 is 0 Å². The molecule has 21 heavy (non-hydrogen) atoms. The van der Waals surface area contributed by atoms with Gasteiger partial charge in [0.05, 0.1) is 11.1 Å². The smallest absolute Gasteiger partial charge is 0.166 e. The third-order valence-electron chi connectivity index (χ3n) is 5.02. The first-order valence-corrected chi connectivity index (χ1v) is 7.79. The molecular weight excluding hydrogens is 262 g/mol. The van der Waals surface area contributed by atoms with Crippen molar-refractivity contribution in [1.29, 1.82) is 0 Å². The van der Waals surface area contributed by atoms with Crippen molar-refractivity contribution in [3.63, 3.8) is 0 Å². The van der Waals surface area contributed by atoms with E-state index in [1.165, 1.54) is 6.42 Å². The molecule has 0 bridgehead atoms. The predicted octanol–water partition coefficient (Wildman–Crippen LogP) is 3.77. The quantitative estimate of drug-likeness (QED) is 0.787. The van der Waals surface area contributed by atoms with Crippen LogP contribution in [0.15, 0.2) is 36.5 Å². The summed E-state index contributed by atoms with van der Waals surface area (Å²) in [6.45, 7) is 0.728. The number of Topliss-reactive ketones (excluding diaryl/α,β-unsaturated/α-hetero) is 1. The summed E-state index contributed by atoms with van der Waals surface area (Å²) in [5, 5.41) is 1.04. The van der Waals surface area contributed by atoms with Crippen LogP contribution in [0.25, 0.3) is 10.9 Å². The highest BCUT2D eigenvalue weighted by Crippen LogP contribution is 2.44. The number of rotatable bonds is 2. The molecule has 3 nitrogen and oxygen atoms in total. The van der Waals surface area contributed by atoms with Crippen LogP contribution in [0.1, 0.15) is 42.5 Å². The summed E-state index contributed by atoms with van der Waals surface area (Å²) in [5.41, 5.74) is 1.78. The van der Waals surface area contributed by atoms with Gasteiger partial charge >= 0.3 is 0 Å². The molecule has 1 aliphatic carbocycles. The average Bonchev–Trinajstić information content (AvgIpc) is 2.52. The van der Waals surface area contributed by atoms with E-state index >= 15 is 0 Å². The van der Waals surface area contributed by atoms with Gasteiger partial charge in [-0.15, -0.1) is 0 Å². The summed E-state index contributed by atoms with van der Waals surface area (Å²) < 4.78 is 5.93. The van der Waals surface area contributed by atoms with Crippen molar-refractivity contribution in [3.8, 4) is 0 Å². The molecule has 2 aliphatic rings. The second kappa shape index (κ2) is 4.92. The maximum Gasteiger partial charge on any atom is 0.166 e. The van der Waals surface area contributed by atoms with Gasteiger partial charge in [-0.2, -0.15) is 0 Å². The fourth-order valence-electron chi connectivity index (χ4n) is 3.64. The van der Waals surface area contributed by atoms with E-state index in [0.29, 0.717) is 0 Å². The van der Waals surface area contributed by atoms with E-state index in [1.54, 1.807) is 6.20 Å². The van der Waals surface area contributed by atoms with E-state index in [2.05, 4.69) is 4.98 Å². The van der Waals surface area contributed by atoms with E-state index in [0.717, 1.165) is 48.8 Å². The lowest BCUT2D eigenvalue weighted by Gasteiger charge is -2.46. The first kappa shape index (κ1) is 13.0. The predicted molar refractivity (Wildman–Crippen MR) is 81.3 cm³/mol. The maximum atomic E-state index is 12.8. The molecule has 0 amide bonds.